The molecule has 0 radical (unpaired) electrons. The molecule has 16 heavy (non-hydrogen) atoms. The number of benzene rings is 1. The van der Waals surface area contributed by atoms with Gasteiger partial charge in [0, 0.05) is 0 Å². The maximum Gasteiger partial charge on any atom is 0.293 e. The minimum absolute atomic E-state index is 0.103. The number of hydrogen-bond acceptors (Lipinski definition) is 2. The summed E-state index contributed by atoms with van der Waals surface area (Å²) >= 11 is 0. The molecule has 0 bridgehead atoms. The first-order chi connectivity index (χ1) is 7.86. The summed E-state index contributed by atoms with van der Waals surface area (Å²) in [5.74, 6) is 0. The molecule has 1 atom stereocenters. The molecule has 2 nitrogen and oxygen atoms in total. The highest BCUT2D eigenvalue weighted by atomic mass is 16.5. The van der Waals surface area contributed by atoms with Crippen molar-refractivity contribution in [2.24, 2.45) is 0 Å². The number of carbonyl (C=O) groups excluding carboxylic acids is 1. The van der Waals surface area contributed by atoms with Crippen molar-refractivity contribution in [1.29, 1.82) is 0 Å². The molecule has 1 aromatic carbocycles. The van der Waals surface area contributed by atoms with Crippen LogP contribution >= 0.6 is 0 Å². The quantitative estimate of drug-likeness (QED) is 0.628. The van der Waals surface area contributed by atoms with Crippen molar-refractivity contribution in [2.75, 3.05) is 0 Å². The van der Waals surface area contributed by atoms with Gasteiger partial charge in [-0.1, -0.05) is 43.7 Å². The third-order valence-electron chi connectivity index (χ3n) is 2.69. The molecule has 1 aromatic rings. The lowest BCUT2D eigenvalue weighted by atomic mass is 10.0. The van der Waals surface area contributed by atoms with Crippen LogP contribution in [0.5, 0.6) is 0 Å². The van der Waals surface area contributed by atoms with E-state index in [1.54, 1.807) is 0 Å². The Balaban J connectivity index is 2.24. The standard InChI is InChI=1S/C14H20O2/c1-2-7-14(16-12-15)11-6-10-13-8-4-3-5-9-13/h3-5,8-9,12,14H,2,6-7,10-11H2,1H3. The molecule has 2 heteroatoms. The zero-order valence-corrected chi connectivity index (χ0v) is 9.89. The van der Waals surface area contributed by atoms with Crippen LogP contribution in [-0.2, 0) is 16.0 Å². The van der Waals surface area contributed by atoms with E-state index in [0.717, 1.165) is 32.1 Å². The molecule has 0 saturated heterocycles. The highest BCUT2D eigenvalue weighted by Gasteiger charge is 2.07. The van der Waals surface area contributed by atoms with Gasteiger partial charge < -0.3 is 4.74 Å². The van der Waals surface area contributed by atoms with Gasteiger partial charge in [-0.25, -0.2) is 0 Å². The fourth-order valence-corrected chi connectivity index (χ4v) is 1.86. The Morgan fingerprint density at radius 1 is 1.25 bits per heavy atom. The van der Waals surface area contributed by atoms with Gasteiger partial charge in [0.25, 0.3) is 6.47 Å². The first-order valence-electron chi connectivity index (χ1n) is 5.99. The summed E-state index contributed by atoms with van der Waals surface area (Å²) in [6, 6.07) is 10.4. The van der Waals surface area contributed by atoms with Crippen molar-refractivity contribution in [1.82, 2.24) is 0 Å². The van der Waals surface area contributed by atoms with Crippen LogP contribution in [0.4, 0.5) is 0 Å². The Kier molecular flexibility index (Phi) is 6.31. The fraction of sp³-hybridized carbons (Fsp3) is 0.500. The minimum Gasteiger partial charge on any atom is -0.465 e. The van der Waals surface area contributed by atoms with E-state index >= 15 is 0 Å². The van der Waals surface area contributed by atoms with E-state index in [9.17, 15) is 4.79 Å². The first-order valence-corrected chi connectivity index (χ1v) is 5.99. The van der Waals surface area contributed by atoms with Crippen molar-refractivity contribution in [3.8, 4) is 0 Å². The van der Waals surface area contributed by atoms with E-state index in [1.165, 1.54) is 5.56 Å². The SMILES string of the molecule is CCCC(CCCc1ccccc1)OC=O. The number of carbonyl (C=O) groups is 1. The molecule has 1 rings (SSSR count). The van der Waals surface area contributed by atoms with Crippen LogP contribution in [0.15, 0.2) is 30.3 Å². The molecular formula is C14H20O2. The molecule has 0 aliphatic carbocycles. The maximum atomic E-state index is 10.3. The second-order valence-electron chi connectivity index (χ2n) is 4.02. The van der Waals surface area contributed by atoms with Crippen LogP contribution in [0, 0.1) is 0 Å². The summed E-state index contributed by atoms with van der Waals surface area (Å²) in [5, 5.41) is 0. The van der Waals surface area contributed by atoms with Gasteiger partial charge in [0.2, 0.25) is 0 Å². The Hall–Kier alpha value is -1.31. The summed E-state index contributed by atoms with van der Waals surface area (Å²) in [4.78, 5) is 10.3. The summed E-state index contributed by atoms with van der Waals surface area (Å²) in [6.07, 6.45) is 5.22. The second kappa shape index (κ2) is 7.91. The molecule has 1 unspecified atom stereocenters. The largest absolute Gasteiger partial charge is 0.465 e. The van der Waals surface area contributed by atoms with Crippen molar-refractivity contribution < 1.29 is 9.53 Å². The van der Waals surface area contributed by atoms with Crippen molar-refractivity contribution >= 4 is 6.47 Å². The van der Waals surface area contributed by atoms with Gasteiger partial charge in [0.05, 0.1) is 0 Å². The number of hydrogen-bond donors (Lipinski definition) is 0. The van der Waals surface area contributed by atoms with E-state index in [-0.39, 0.29) is 6.10 Å². The van der Waals surface area contributed by atoms with Crippen LogP contribution in [0.25, 0.3) is 0 Å². The van der Waals surface area contributed by atoms with Gasteiger partial charge in [0.1, 0.15) is 6.10 Å². The molecule has 0 saturated carbocycles. The monoisotopic (exact) mass is 220 g/mol. The van der Waals surface area contributed by atoms with E-state index in [4.69, 9.17) is 4.74 Å². The van der Waals surface area contributed by atoms with Crippen molar-refractivity contribution in [2.45, 2.75) is 45.1 Å². The summed E-state index contributed by atoms with van der Waals surface area (Å²) in [6.45, 7) is 2.68. The second-order valence-corrected chi connectivity index (χ2v) is 4.02. The van der Waals surface area contributed by atoms with Crippen LogP contribution in [0.1, 0.15) is 38.2 Å². The topological polar surface area (TPSA) is 26.3 Å². The molecule has 0 fully saturated rings. The van der Waals surface area contributed by atoms with E-state index in [1.807, 2.05) is 6.07 Å². The van der Waals surface area contributed by atoms with E-state index in [0.29, 0.717) is 6.47 Å². The lowest BCUT2D eigenvalue weighted by Gasteiger charge is -2.13. The maximum absolute atomic E-state index is 10.3. The van der Waals surface area contributed by atoms with Crippen molar-refractivity contribution in [3.05, 3.63) is 35.9 Å². The number of aryl methyl sites for hydroxylation is 1. The summed E-state index contributed by atoms with van der Waals surface area (Å²) in [7, 11) is 0. The van der Waals surface area contributed by atoms with Gasteiger partial charge in [0.15, 0.2) is 0 Å². The Bertz CT molecular complexity index is 282. The smallest absolute Gasteiger partial charge is 0.293 e. The molecular weight excluding hydrogens is 200 g/mol. The predicted molar refractivity (Wildman–Crippen MR) is 65.2 cm³/mol. The Labute approximate surface area is 97.6 Å². The van der Waals surface area contributed by atoms with Crippen LogP contribution in [0.2, 0.25) is 0 Å². The number of ether oxygens (including phenoxy) is 1. The third kappa shape index (κ3) is 4.96. The molecule has 0 N–H and O–H groups in total. The Morgan fingerprint density at radius 3 is 2.62 bits per heavy atom. The third-order valence-corrected chi connectivity index (χ3v) is 2.69. The average molecular weight is 220 g/mol. The normalized spacial score (nSPS) is 12.1. The Morgan fingerprint density at radius 2 is 2.00 bits per heavy atom. The van der Waals surface area contributed by atoms with Gasteiger partial charge >= 0.3 is 0 Å². The van der Waals surface area contributed by atoms with E-state index < -0.39 is 0 Å². The van der Waals surface area contributed by atoms with Crippen LogP contribution in [-0.4, -0.2) is 12.6 Å². The summed E-state index contributed by atoms with van der Waals surface area (Å²) < 4.78 is 5.04. The molecule has 0 spiro atoms. The molecule has 0 aromatic heterocycles. The van der Waals surface area contributed by atoms with Gasteiger partial charge in [-0.15, -0.1) is 0 Å². The first kappa shape index (κ1) is 12.8. The van der Waals surface area contributed by atoms with Crippen LogP contribution < -0.4 is 0 Å². The van der Waals surface area contributed by atoms with E-state index in [2.05, 4.69) is 31.2 Å². The zero-order chi connectivity index (χ0) is 11.6. The predicted octanol–water partition coefficient (Wildman–Crippen LogP) is 3.35. The number of rotatable bonds is 8. The zero-order valence-electron chi connectivity index (χ0n) is 9.89. The molecule has 0 heterocycles. The highest BCUT2D eigenvalue weighted by Crippen LogP contribution is 2.11. The lowest BCUT2D eigenvalue weighted by Crippen LogP contribution is -2.11. The van der Waals surface area contributed by atoms with Crippen LogP contribution in [0.3, 0.4) is 0 Å². The lowest BCUT2D eigenvalue weighted by molar-refractivity contribution is -0.134. The fourth-order valence-electron chi connectivity index (χ4n) is 1.86. The van der Waals surface area contributed by atoms with Gasteiger partial charge in [-0.2, -0.15) is 0 Å². The van der Waals surface area contributed by atoms with Crippen molar-refractivity contribution in [3.63, 3.8) is 0 Å². The molecule has 0 amide bonds. The molecule has 88 valence electrons. The van der Waals surface area contributed by atoms with Gasteiger partial charge in [-0.3, -0.25) is 4.79 Å². The summed E-state index contributed by atoms with van der Waals surface area (Å²) in [5.41, 5.74) is 1.35. The highest BCUT2D eigenvalue weighted by molar-refractivity contribution is 5.37. The molecule has 0 aliphatic heterocycles. The average Bonchev–Trinajstić information content (AvgIpc) is 2.31. The van der Waals surface area contributed by atoms with Gasteiger partial charge in [-0.05, 0) is 31.2 Å². The minimum atomic E-state index is 0.103. The molecule has 0 aliphatic rings.